The zero-order valence-corrected chi connectivity index (χ0v) is 10.5. The second-order valence-corrected chi connectivity index (χ2v) is 4.23. The molecule has 1 aromatic carbocycles. The minimum Gasteiger partial charge on any atom is -0.292 e. The van der Waals surface area contributed by atoms with Crippen molar-refractivity contribution in [2.75, 3.05) is 7.05 Å². The number of carbonyl (C=O) groups excluding carboxylic acids is 1. The second kappa shape index (κ2) is 6.74. The van der Waals surface area contributed by atoms with Gasteiger partial charge in [0, 0.05) is 23.5 Å². The van der Waals surface area contributed by atoms with Crippen LogP contribution in [0.1, 0.15) is 18.4 Å². The fourth-order valence-electron chi connectivity index (χ4n) is 1.37. The van der Waals surface area contributed by atoms with E-state index in [0.29, 0.717) is 16.5 Å². The smallest absolute Gasteiger partial charge is 0.234 e. The molecule has 2 N–H and O–H groups in total. The quantitative estimate of drug-likeness (QED) is 0.800. The maximum atomic E-state index is 11.1. The molecule has 0 radical (unpaired) electrons. The van der Waals surface area contributed by atoms with Crippen LogP contribution < -0.4 is 10.9 Å². The Kier molecular flexibility index (Phi) is 5.60. The molecule has 0 saturated heterocycles. The average molecular weight is 261 g/mol. The summed E-state index contributed by atoms with van der Waals surface area (Å²) in [6, 6.07) is 5.41. The van der Waals surface area contributed by atoms with Crippen LogP contribution in [-0.4, -0.2) is 13.0 Å². The van der Waals surface area contributed by atoms with Gasteiger partial charge in [-0.3, -0.25) is 10.2 Å². The van der Waals surface area contributed by atoms with E-state index < -0.39 is 0 Å². The molecule has 3 nitrogen and oxygen atoms in total. The minimum atomic E-state index is -0.0208. The second-order valence-electron chi connectivity index (χ2n) is 3.39. The van der Waals surface area contributed by atoms with Crippen LogP contribution in [0.15, 0.2) is 18.2 Å². The third kappa shape index (κ3) is 4.39. The maximum Gasteiger partial charge on any atom is 0.234 e. The Hall–Kier alpha value is -0.770. The van der Waals surface area contributed by atoms with Crippen molar-refractivity contribution in [3.63, 3.8) is 0 Å². The van der Waals surface area contributed by atoms with E-state index in [2.05, 4.69) is 10.9 Å². The highest BCUT2D eigenvalue weighted by Gasteiger charge is 2.03. The molecule has 5 heteroatoms. The molecule has 0 bridgehead atoms. The third-order valence-corrected chi connectivity index (χ3v) is 2.72. The molecular weight excluding hydrogens is 247 g/mol. The predicted octanol–water partition coefficient (Wildman–Crippen LogP) is 2.57. The standard InChI is InChI=1S/C11H14Cl2N2O/c1-14-15-11(16)4-2-3-8-5-6-9(12)7-10(8)13/h5-7,14H,2-4H2,1H3,(H,15,16). The summed E-state index contributed by atoms with van der Waals surface area (Å²) in [4.78, 5) is 11.1. The first-order valence-corrected chi connectivity index (χ1v) is 5.78. The van der Waals surface area contributed by atoms with Crippen molar-refractivity contribution in [3.8, 4) is 0 Å². The van der Waals surface area contributed by atoms with Gasteiger partial charge in [-0.15, -0.1) is 0 Å². The lowest BCUT2D eigenvalue weighted by Crippen LogP contribution is -2.33. The summed E-state index contributed by atoms with van der Waals surface area (Å²) in [5.41, 5.74) is 6.12. The van der Waals surface area contributed by atoms with E-state index >= 15 is 0 Å². The molecule has 0 atom stereocenters. The number of carbonyl (C=O) groups is 1. The number of nitrogens with one attached hydrogen (secondary N) is 2. The van der Waals surface area contributed by atoms with Gasteiger partial charge in [-0.25, -0.2) is 5.43 Å². The number of benzene rings is 1. The van der Waals surface area contributed by atoms with E-state index in [0.717, 1.165) is 18.4 Å². The van der Waals surface area contributed by atoms with Crippen LogP contribution >= 0.6 is 23.2 Å². The monoisotopic (exact) mass is 260 g/mol. The fourth-order valence-corrected chi connectivity index (χ4v) is 1.87. The highest BCUT2D eigenvalue weighted by molar-refractivity contribution is 6.35. The number of halogens is 2. The lowest BCUT2D eigenvalue weighted by molar-refractivity contribution is -0.122. The number of hydrogen-bond donors (Lipinski definition) is 2. The first-order chi connectivity index (χ1) is 7.63. The number of aryl methyl sites for hydroxylation is 1. The van der Waals surface area contributed by atoms with Gasteiger partial charge >= 0.3 is 0 Å². The van der Waals surface area contributed by atoms with E-state index in [-0.39, 0.29) is 5.91 Å². The molecule has 0 aliphatic rings. The topological polar surface area (TPSA) is 41.1 Å². The van der Waals surface area contributed by atoms with Gasteiger partial charge in [-0.05, 0) is 30.5 Å². The zero-order chi connectivity index (χ0) is 12.0. The summed E-state index contributed by atoms with van der Waals surface area (Å²) < 4.78 is 0. The van der Waals surface area contributed by atoms with E-state index in [9.17, 15) is 4.79 Å². The highest BCUT2D eigenvalue weighted by atomic mass is 35.5. The van der Waals surface area contributed by atoms with E-state index in [1.165, 1.54) is 0 Å². The first-order valence-electron chi connectivity index (χ1n) is 5.03. The molecule has 1 amide bonds. The van der Waals surface area contributed by atoms with Crippen LogP contribution in [0.4, 0.5) is 0 Å². The largest absolute Gasteiger partial charge is 0.292 e. The van der Waals surface area contributed by atoms with Gasteiger partial charge in [0.25, 0.3) is 0 Å². The fraction of sp³-hybridized carbons (Fsp3) is 0.364. The minimum absolute atomic E-state index is 0.0208. The Bertz CT molecular complexity index is 369. The van der Waals surface area contributed by atoms with Crippen LogP contribution in [-0.2, 0) is 11.2 Å². The van der Waals surface area contributed by atoms with Crippen molar-refractivity contribution in [1.82, 2.24) is 10.9 Å². The van der Waals surface area contributed by atoms with Crippen LogP contribution in [0.5, 0.6) is 0 Å². The zero-order valence-electron chi connectivity index (χ0n) is 9.02. The molecule has 0 fully saturated rings. The van der Waals surface area contributed by atoms with E-state index in [1.807, 2.05) is 6.07 Å². The van der Waals surface area contributed by atoms with Gasteiger partial charge in [0.05, 0.1) is 0 Å². The molecular formula is C11H14Cl2N2O. The summed E-state index contributed by atoms with van der Waals surface area (Å²) in [5, 5.41) is 1.28. The molecule has 0 saturated carbocycles. The Balaban J connectivity index is 2.40. The van der Waals surface area contributed by atoms with E-state index in [1.54, 1.807) is 19.2 Å². The van der Waals surface area contributed by atoms with Crippen molar-refractivity contribution >= 4 is 29.1 Å². The molecule has 88 valence electrons. The van der Waals surface area contributed by atoms with E-state index in [4.69, 9.17) is 23.2 Å². The normalized spacial score (nSPS) is 10.2. The molecule has 0 aliphatic carbocycles. The highest BCUT2D eigenvalue weighted by Crippen LogP contribution is 2.22. The molecule has 0 heterocycles. The van der Waals surface area contributed by atoms with Crippen molar-refractivity contribution < 1.29 is 4.79 Å². The van der Waals surface area contributed by atoms with Gasteiger partial charge in [0.2, 0.25) is 5.91 Å². The van der Waals surface area contributed by atoms with Crippen molar-refractivity contribution in [1.29, 1.82) is 0 Å². The van der Waals surface area contributed by atoms with Crippen LogP contribution in [0.3, 0.4) is 0 Å². The van der Waals surface area contributed by atoms with Gasteiger partial charge in [0.1, 0.15) is 0 Å². The molecule has 0 aliphatic heterocycles. The summed E-state index contributed by atoms with van der Waals surface area (Å²) >= 11 is 11.8. The Morgan fingerprint density at radius 2 is 2.12 bits per heavy atom. The molecule has 0 unspecified atom stereocenters. The molecule has 1 rings (SSSR count). The molecule has 0 spiro atoms. The SMILES string of the molecule is CNNC(=O)CCCc1ccc(Cl)cc1Cl. The van der Waals surface area contributed by atoms with Crippen LogP contribution in [0.25, 0.3) is 0 Å². The molecule has 1 aromatic rings. The third-order valence-electron chi connectivity index (χ3n) is 2.13. The summed E-state index contributed by atoms with van der Waals surface area (Å²) in [5.74, 6) is -0.0208. The molecule has 16 heavy (non-hydrogen) atoms. The van der Waals surface area contributed by atoms with Crippen molar-refractivity contribution in [2.24, 2.45) is 0 Å². The summed E-state index contributed by atoms with van der Waals surface area (Å²) in [6.45, 7) is 0. The summed E-state index contributed by atoms with van der Waals surface area (Å²) in [6.07, 6.45) is 2.00. The molecule has 0 aromatic heterocycles. The van der Waals surface area contributed by atoms with Crippen molar-refractivity contribution in [2.45, 2.75) is 19.3 Å². The Morgan fingerprint density at radius 1 is 1.38 bits per heavy atom. The lowest BCUT2D eigenvalue weighted by Gasteiger charge is -2.05. The Labute approximate surface area is 105 Å². The number of amides is 1. The van der Waals surface area contributed by atoms with Crippen molar-refractivity contribution in [3.05, 3.63) is 33.8 Å². The maximum absolute atomic E-state index is 11.1. The van der Waals surface area contributed by atoms with Crippen LogP contribution in [0, 0.1) is 0 Å². The predicted molar refractivity (Wildman–Crippen MR) is 66.6 cm³/mol. The first kappa shape index (κ1) is 13.3. The lowest BCUT2D eigenvalue weighted by atomic mass is 10.1. The van der Waals surface area contributed by atoms with Gasteiger partial charge in [-0.2, -0.15) is 0 Å². The number of hydrazine groups is 1. The van der Waals surface area contributed by atoms with Gasteiger partial charge < -0.3 is 0 Å². The summed E-state index contributed by atoms with van der Waals surface area (Å²) in [7, 11) is 1.66. The van der Waals surface area contributed by atoms with Gasteiger partial charge in [0.15, 0.2) is 0 Å². The van der Waals surface area contributed by atoms with Gasteiger partial charge in [-0.1, -0.05) is 29.3 Å². The average Bonchev–Trinajstić information content (AvgIpc) is 2.22. The Morgan fingerprint density at radius 3 is 2.75 bits per heavy atom. The number of rotatable bonds is 5. The number of hydrogen-bond acceptors (Lipinski definition) is 2. The van der Waals surface area contributed by atoms with Crippen LogP contribution in [0.2, 0.25) is 10.0 Å².